The molecule has 0 spiro atoms. The Bertz CT molecular complexity index is 101. The molecule has 0 fully saturated rings. The average molecular weight is 153 g/mol. The van der Waals surface area contributed by atoms with Gasteiger partial charge in [0.05, 0.1) is 0 Å². The van der Waals surface area contributed by atoms with Crippen molar-refractivity contribution in [3.05, 3.63) is 19.1 Å². The van der Waals surface area contributed by atoms with Crippen molar-refractivity contribution in [1.29, 1.82) is 0 Å². The number of hydrogen-bond acceptors (Lipinski definition) is 0. The summed E-state index contributed by atoms with van der Waals surface area (Å²) in [6, 6.07) is 0. The highest BCUT2D eigenvalue weighted by Crippen LogP contribution is 2.11. The second-order valence-electron chi connectivity index (χ2n) is 3.53. The normalized spacial score (nSPS) is 14.6. The van der Waals surface area contributed by atoms with Crippen molar-refractivity contribution in [2.24, 2.45) is 11.8 Å². The molecule has 2 unspecified atom stereocenters. The zero-order valence-electron chi connectivity index (χ0n) is 8.14. The van der Waals surface area contributed by atoms with Crippen molar-refractivity contribution >= 4 is 0 Å². The lowest BCUT2D eigenvalue weighted by Gasteiger charge is -2.08. The topological polar surface area (TPSA) is 0 Å². The molecule has 0 nitrogen and oxygen atoms in total. The predicted octanol–water partition coefficient (Wildman–Crippen LogP) is 3.84. The fourth-order valence-corrected chi connectivity index (χ4v) is 1.21. The number of unbranched alkanes of at least 4 members (excludes halogenated alkanes) is 1. The second-order valence-corrected chi connectivity index (χ2v) is 3.53. The Balaban J connectivity index is 3.42. The van der Waals surface area contributed by atoms with Crippen LogP contribution in [0.25, 0.3) is 0 Å². The lowest BCUT2D eigenvalue weighted by atomic mass is 9.98. The summed E-state index contributed by atoms with van der Waals surface area (Å²) in [4.78, 5) is 0. The fraction of sp³-hybridized carbons (Fsp3) is 0.727. The smallest absolute Gasteiger partial charge is 0.0259 e. The van der Waals surface area contributed by atoms with Crippen LogP contribution in [0.5, 0.6) is 0 Å². The Morgan fingerprint density at radius 3 is 2.45 bits per heavy atom. The highest BCUT2D eigenvalue weighted by atomic mass is 14.0. The van der Waals surface area contributed by atoms with Gasteiger partial charge in [0.25, 0.3) is 0 Å². The molecule has 0 heteroatoms. The van der Waals surface area contributed by atoms with Crippen LogP contribution in [-0.4, -0.2) is 0 Å². The van der Waals surface area contributed by atoms with E-state index >= 15 is 0 Å². The molecule has 0 aliphatic rings. The highest BCUT2D eigenvalue weighted by Gasteiger charge is 1.99. The maximum absolute atomic E-state index is 3.97. The molecule has 0 bridgehead atoms. The molecule has 0 rings (SSSR count). The van der Waals surface area contributed by atoms with Crippen molar-refractivity contribution in [2.75, 3.05) is 0 Å². The van der Waals surface area contributed by atoms with Crippen LogP contribution in [0.1, 0.15) is 40.0 Å². The van der Waals surface area contributed by atoms with Crippen LogP contribution < -0.4 is 0 Å². The molecule has 11 heavy (non-hydrogen) atoms. The summed E-state index contributed by atoms with van der Waals surface area (Å²) in [5.41, 5.74) is 0. The average Bonchev–Trinajstić information content (AvgIpc) is 1.86. The van der Waals surface area contributed by atoms with E-state index in [4.69, 9.17) is 0 Å². The van der Waals surface area contributed by atoms with E-state index in [1.165, 1.54) is 19.3 Å². The quantitative estimate of drug-likeness (QED) is 0.526. The Kier molecular flexibility index (Phi) is 6.30. The van der Waals surface area contributed by atoms with Gasteiger partial charge in [0, 0.05) is 0 Å². The van der Waals surface area contributed by atoms with Gasteiger partial charge in [0.15, 0.2) is 0 Å². The predicted molar refractivity (Wildman–Crippen MR) is 52.4 cm³/mol. The van der Waals surface area contributed by atoms with E-state index in [2.05, 4.69) is 39.8 Å². The molecule has 0 aliphatic carbocycles. The Morgan fingerprint density at radius 1 is 1.36 bits per heavy atom. The number of hydrogen-bond donors (Lipinski definition) is 0. The molecule has 0 aromatic heterocycles. The van der Waals surface area contributed by atoms with Crippen molar-refractivity contribution in [3.8, 4) is 0 Å². The van der Waals surface area contributed by atoms with Gasteiger partial charge in [-0.05, 0) is 24.7 Å². The van der Waals surface area contributed by atoms with Crippen molar-refractivity contribution < 1.29 is 0 Å². The van der Waals surface area contributed by atoms with Gasteiger partial charge < -0.3 is 0 Å². The van der Waals surface area contributed by atoms with E-state index in [1.807, 2.05) is 0 Å². The minimum atomic E-state index is 0.580. The molecule has 0 aromatic carbocycles. The molecule has 0 heterocycles. The minimum absolute atomic E-state index is 0.580. The van der Waals surface area contributed by atoms with E-state index in [-0.39, 0.29) is 0 Å². The number of allylic oxidation sites excluding steroid dienone is 2. The van der Waals surface area contributed by atoms with Crippen LogP contribution in [0.2, 0.25) is 0 Å². The minimum Gasteiger partial charge on any atom is -0.0883 e. The molecule has 1 radical (unpaired) electrons. The van der Waals surface area contributed by atoms with Crippen molar-refractivity contribution in [2.45, 2.75) is 40.0 Å². The number of rotatable bonds is 5. The van der Waals surface area contributed by atoms with Gasteiger partial charge in [-0.1, -0.05) is 46.3 Å². The monoisotopic (exact) mass is 153 g/mol. The summed E-state index contributed by atoms with van der Waals surface area (Å²) < 4.78 is 0. The molecule has 2 atom stereocenters. The third-order valence-electron chi connectivity index (χ3n) is 1.69. The van der Waals surface area contributed by atoms with Crippen LogP contribution in [0.4, 0.5) is 0 Å². The summed E-state index contributed by atoms with van der Waals surface area (Å²) in [5.74, 6) is 1.28. The van der Waals surface area contributed by atoms with Crippen LogP contribution in [-0.2, 0) is 0 Å². The first-order chi connectivity index (χ1) is 5.16. The van der Waals surface area contributed by atoms with Gasteiger partial charge in [0.1, 0.15) is 0 Å². The molecule has 0 amide bonds. The van der Waals surface area contributed by atoms with Crippen LogP contribution in [0.15, 0.2) is 12.2 Å². The summed E-state index contributed by atoms with van der Waals surface area (Å²) in [5, 5.41) is 0. The molecule has 0 aliphatic heterocycles. The van der Waals surface area contributed by atoms with E-state index in [1.54, 1.807) is 0 Å². The van der Waals surface area contributed by atoms with Gasteiger partial charge in [-0.2, -0.15) is 0 Å². The van der Waals surface area contributed by atoms with E-state index in [9.17, 15) is 0 Å². The molecule has 0 saturated carbocycles. The standard InChI is InChI=1S/C11H21/c1-5-6-7-8-11(4)9-10(2)3/h7-8,10-11H,2,5-6,9H2,1,3-4H3. The summed E-state index contributed by atoms with van der Waals surface area (Å²) >= 11 is 0. The van der Waals surface area contributed by atoms with Crippen molar-refractivity contribution in [3.63, 3.8) is 0 Å². The SMILES string of the molecule is [CH2]C(C)CC(C)C=CCCC. The third-order valence-corrected chi connectivity index (χ3v) is 1.69. The summed E-state index contributed by atoms with van der Waals surface area (Å²) in [6.07, 6.45) is 8.28. The maximum Gasteiger partial charge on any atom is -0.0259 e. The van der Waals surface area contributed by atoms with Crippen LogP contribution in [0, 0.1) is 18.8 Å². The Morgan fingerprint density at radius 2 is 2.00 bits per heavy atom. The van der Waals surface area contributed by atoms with Crippen LogP contribution in [0.3, 0.4) is 0 Å². The fourth-order valence-electron chi connectivity index (χ4n) is 1.21. The zero-order chi connectivity index (χ0) is 8.69. The Labute approximate surface area is 71.7 Å². The first kappa shape index (κ1) is 10.7. The summed E-state index contributed by atoms with van der Waals surface area (Å²) in [6.45, 7) is 10.6. The first-order valence-corrected chi connectivity index (χ1v) is 4.66. The van der Waals surface area contributed by atoms with Gasteiger partial charge in [-0.3, -0.25) is 0 Å². The van der Waals surface area contributed by atoms with E-state index < -0.39 is 0 Å². The largest absolute Gasteiger partial charge is 0.0883 e. The molecule has 0 saturated heterocycles. The Hall–Kier alpha value is -0.260. The molecule has 65 valence electrons. The van der Waals surface area contributed by atoms with Gasteiger partial charge in [0.2, 0.25) is 0 Å². The molecular formula is C11H21. The lowest BCUT2D eigenvalue weighted by Crippen LogP contribution is -1.96. The zero-order valence-corrected chi connectivity index (χ0v) is 8.14. The van der Waals surface area contributed by atoms with Crippen LogP contribution >= 0.6 is 0 Å². The van der Waals surface area contributed by atoms with Gasteiger partial charge >= 0.3 is 0 Å². The highest BCUT2D eigenvalue weighted by molar-refractivity contribution is 4.86. The third kappa shape index (κ3) is 7.64. The first-order valence-electron chi connectivity index (χ1n) is 4.66. The van der Waals surface area contributed by atoms with E-state index in [0.29, 0.717) is 11.8 Å². The molecule has 0 N–H and O–H groups in total. The van der Waals surface area contributed by atoms with E-state index in [0.717, 1.165) is 0 Å². The summed E-state index contributed by atoms with van der Waals surface area (Å²) in [7, 11) is 0. The van der Waals surface area contributed by atoms with Gasteiger partial charge in [-0.25, -0.2) is 0 Å². The van der Waals surface area contributed by atoms with Gasteiger partial charge in [-0.15, -0.1) is 0 Å². The van der Waals surface area contributed by atoms with Crippen molar-refractivity contribution in [1.82, 2.24) is 0 Å². The molecule has 0 aromatic rings. The maximum atomic E-state index is 3.97. The molecular weight excluding hydrogens is 132 g/mol. The lowest BCUT2D eigenvalue weighted by molar-refractivity contribution is 0.540. The second kappa shape index (κ2) is 6.45.